The van der Waals surface area contributed by atoms with Gasteiger partial charge < -0.3 is 5.32 Å². The van der Waals surface area contributed by atoms with Gasteiger partial charge in [-0.25, -0.2) is 0 Å². The van der Waals surface area contributed by atoms with Crippen LogP contribution in [0.25, 0.3) is 0 Å². The predicted octanol–water partition coefficient (Wildman–Crippen LogP) is 3.95. The summed E-state index contributed by atoms with van der Waals surface area (Å²) in [6.07, 6.45) is 9.27. The molecule has 2 aliphatic rings. The molecular formula is C16H27N. The molecule has 0 aromatic heterocycles. The van der Waals surface area contributed by atoms with E-state index in [0.717, 1.165) is 13.1 Å². The van der Waals surface area contributed by atoms with Crippen molar-refractivity contribution >= 4 is 0 Å². The fraction of sp³-hybridized carbons (Fsp3) is 0.625. The van der Waals surface area contributed by atoms with Crippen LogP contribution in [0, 0.1) is 17.8 Å². The highest BCUT2D eigenvalue weighted by Crippen LogP contribution is 2.29. The first-order valence-electron chi connectivity index (χ1n) is 6.98. The molecule has 1 aliphatic heterocycles. The Hall–Kier alpha value is -0.820. The van der Waals surface area contributed by atoms with Gasteiger partial charge in [0.25, 0.3) is 0 Å². The quantitative estimate of drug-likeness (QED) is 0.723. The van der Waals surface area contributed by atoms with E-state index in [1.807, 2.05) is 13.8 Å². The van der Waals surface area contributed by atoms with Gasteiger partial charge >= 0.3 is 0 Å². The molecule has 0 saturated carbocycles. The summed E-state index contributed by atoms with van der Waals surface area (Å²) >= 11 is 0. The molecule has 1 aliphatic carbocycles. The third-order valence-electron chi connectivity index (χ3n) is 3.44. The van der Waals surface area contributed by atoms with Crippen LogP contribution in [0.15, 0.2) is 35.5 Å². The smallest absolute Gasteiger partial charge is 0.0208 e. The van der Waals surface area contributed by atoms with Crippen LogP contribution in [0.4, 0.5) is 0 Å². The first-order valence-corrected chi connectivity index (χ1v) is 6.98. The number of nitrogens with one attached hydrogen (secondary N) is 1. The van der Waals surface area contributed by atoms with E-state index in [9.17, 15) is 0 Å². The lowest BCUT2D eigenvalue weighted by Gasteiger charge is -2.29. The molecule has 0 spiro atoms. The standard InChI is InChI=1S/C14H21N.C2H6/c1-10(2)14-9-15-8-12-6-4-11(3)5-7-13(12)14;1-2/h4-7,10-11,14-15H,8-9H2,1-3H3;1-2H3. The first kappa shape index (κ1) is 14.2. The van der Waals surface area contributed by atoms with Gasteiger partial charge in [-0.15, -0.1) is 0 Å². The molecule has 0 aromatic rings. The molecule has 2 atom stereocenters. The molecular weight excluding hydrogens is 206 g/mol. The summed E-state index contributed by atoms with van der Waals surface area (Å²) in [5.74, 6) is 1.97. The van der Waals surface area contributed by atoms with Gasteiger partial charge in [0.2, 0.25) is 0 Å². The molecule has 0 radical (unpaired) electrons. The maximum absolute atomic E-state index is 3.51. The molecule has 1 heteroatoms. The fourth-order valence-corrected chi connectivity index (χ4v) is 2.38. The fourth-order valence-electron chi connectivity index (χ4n) is 2.38. The van der Waals surface area contributed by atoms with E-state index >= 15 is 0 Å². The minimum Gasteiger partial charge on any atom is -0.312 e. The van der Waals surface area contributed by atoms with E-state index in [-0.39, 0.29) is 0 Å². The van der Waals surface area contributed by atoms with Gasteiger partial charge in [0, 0.05) is 13.1 Å². The molecule has 1 nitrogen and oxygen atoms in total. The summed E-state index contributed by atoms with van der Waals surface area (Å²) in [6.45, 7) is 13.0. The number of hydrogen-bond donors (Lipinski definition) is 1. The molecule has 1 N–H and O–H groups in total. The molecule has 2 unspecified atom stereocenters. The third-order valence-corrected chi connectivity index (χ3v) is 3.44. The van der Waals surface area contributed by atoms with E-state index in [1.165, 1.54) is 5.57 Å². The average Bonchev–Trinajstić information content (AvgIpc) is 2.54. The van der Waals surface area contributed by atoms with Crippen LogP contribution in [-0.2, 0) is 0 Å². The maximum Gasteiger partial charge on any atom is 0.0208 e. The lowest BCUT2D eigenvalue weighted by atomic mass is 9.83. The zero-order valence-electron chi connectivity index (χ0n) is 12.0. The Balaban J connectivity index is 0.000000686. The van der Waals surface area contributed by atoms with Crippen LogP contribution in [0.3, 0.4) is 0 Å². The number of hydrogen-bond acceptors (Lipinski definition) is 1. The molecule has 17 heavy (non-hydrogen) atoms. The van der Waals surface area contributed by atoms with Crippen molar-refractivity contribution in [3.05, 3.63) is 35.5 Å². The first-order chi connectivity index (χ1) is 8.18. The van der Waals surface area contributed by atoms with Crippen LogP contribution < -0.4 is 5.32 Å². The Morgan fingerprint density at radius 1 is 1.18 bits per heavy atom. The van der Waals surface area contributed by atoms with Crippen molar-refractivity contribution < 1.29 is 0 Å². The monoisotopic (exact) mass is 233 g/mol. The zero-order chi connectivity index (χ0) is 12.8. The number of rotatable bonds is 1. The second kappa shape index (κ2) is 6.80. The molecule has 0 bridgehead atoms. The van der Waals surface area contributed by atoms with Crippen molar-refractivity contribution in [2.24, 2.45) is 17.8 Å². The summed E-state index contributed by atoms with van der Waals surface area (Å²) in [7, 11) is 0. The van der Waals surface area contributed by atoms with E-state index in [2.05, 4.69) is 50.4 Å². The highest BCUT2D eigenvalue weighted by molar-refractivity contribution is 5.41. The highest BCUT2D eigenvalue weighted by atomic mass is 14.9. The minimum atomic E-state index is 0.573. The second-order valence-electron chi connectivity index (χ2n) is 5.04. The van der Waals surface area contributed by atoms with Crippen molar-refractivity contribution in [1.82, 2.24) is 5.32 Å². The minimum absolute atomic E-state index is 0.573. The Kier molecular flexibility index (Phi) is 5.70. The van der Waals surface area contributed by atoms with E-state index in [1.54, 1.807) is 5.57 Å². The summed E-state index contributed by atoms with van der Waals surface area (Å²) in [5, 5.41) is 3.51. The predicted molar refractivity (Wildman–Crippen MR) is 77.0 cm³/mol. The van der Waals surface area contributed by atoms with Crippen LogP contribution in [0.2, 0.25) is 0 Å². The van der Waals surface area contributed by atoms with E-state index in [4.69, 9.17) is 0 Å². The van der Waals surface area contributed by atoms with Crippen LogP contribution >= 0.6 is 0 Å². The SMILES string of the molecule is CC.CC1C=CC2=C(C=C1)C(C(C)C)CNC2. The summed E-state index contributed by atoms with van der Waals surface area (Å²) in [5.41, 5.74) is 3.05. The van der Waals surface area contributed by atoms with Crippen LogP contribution in [0.5, 0.6) is 0 Å². The molecule has 0 aromatic carbocycles. The Morgan fingerprint density at radius 2 is 1.82 bits per heavy atom. The third kappa shape index (κ3) is 3.57. The normalized spacial score (nSPS) is 27.4. The number of allylic oxidation sites excluding steroid dienone is 3. The van der Waals surface area contributed by atoms with E-state index < -0.39 is 0 Å². The van der Waals surface area contributed by atoms with Gasteiger partial charge in [-0.2, -0.15) is 0 Å². The van der Waals surface area contributed by atoms with Gasteiger partial charge in [-0.1, -0.05) is 58.9 Å². The van der Waals surface area contributed by atoms with Crippen LogP contribution in [0.1, 0.15) is 34.6 Å². The van der Waals surface area contributed by atoms with Gasteiger partial charge in [0.05, 0.1) is 0 Å². The lowest BCUT2D eigenvalue weighted by Crippen LogP contribution is -2.34. The van der Waals surface area contributed by atoms with Crippen LogP contribution in [-0.4, -0.2) is 13.1 Å². The van der Waals surface area contributed by atoms with E-state index in [0.29, 0.717) is 17.8 Å². The zero-order valence-corrected chi connectivity index (χ0v) is 12.0. The van der Waals surface area contributed by atoms with Gasteiger partial charge in [-0.05, 0) is 28.9 Å². The lowest BCUT2D eigenvalue weighted by molar-refractivity contribution is 0.408. The van der Waals surface area contributed by atoms with Crippen molar-refractivity contribution in [2.45, 2.75) is 34.6 Å². The molecule has 0 fully saturated rings. The van der Waals surface area contributed by atoms with Crippen molar-refractivity contribution in [2.75, 3.05) is 13.1 Å². The summed E-state index contributed by atoms with van der Waals surface area (Å²) < 4.78 is 0. The summed E-state index contributed by atoms with van der Waals surface area (Å²) in [6, 6.07) is 0. The molecule has 2 rings (SSSR count). The largest absolute Gasteiger partial charge is 0.312 e. The van der Waals surface area contributed by atoms with Crippen molar-refractivity contribution in [1.29, 1.82) is 0 Å². The van der Waals surface area contributed by atoms with Gasteiger partial charge in [-0.3, -0.25) is 0 Å². The Morgan fingerprint density at radius 3 is 2.47 bits per heavy atom. The Labute approximate surface area is 107 Å². The topological polar surface area (TPSA) is 12.0 Å². The maximum atomic E-state index is 3.51. The average molecular weight is 233 g/mol. The van der Waals surface area contributed by atoms with Crippen molar-refractivity contribution in [3.63, 3.8) is 0 Å². The molecule has 96 valence electrons. The molecule has 0 saturated heterocycles. The van der Waals surface area contributed by atoms with Gasteiger partial charge in [0.15, 0.2) is 0 Å². The molecule has 0 amide bonds. The summed E-state index contributed by atoms with van der Waals surface area (Å²) in [4.78, 5) is 0. The molecule has 1 heterocycles. The second-order valence-corrected chi connectivity index (χ2v) is 5.04. The highest BCUT2D eigenvalue weighted by Gasteiger charge is 2.23. The van der Waals surface area contributed by atoms with Gasteiger partial charge in [0.1, 0.15) is 0 Å². The van der Waals surface area contributed by atoms with Crippen molar-refractivity contribution in [3.8, 4) is 0 Å². The Bertz CT molecular complexity index is 320.